The summed E-state index contributed by atoms with van der Waals surface area (Å²) in [5.41, 5.74) is 0.259. The Morgan fingerprint density at radius 2 is 1.95 bits per heavy atom. The molecule has 1 aliphatic heterocycles. The minimum Gasteiger partial charge on any atom is -0.480 e. The number of nitrogens with zero attached hydrogens (tertiary/aromatic N) is 1. The molecule has 1 rings (SSSR count). The number of aliphatic carboxylic acids is 1. The summed E-state index contributed by atoms with van der Waals surface area (Å²) in [6.07, 6.45) is 3.68. The van der Waals surface area contributed by atoms with Crippen LogP contribution in [0.5, 0.6) is 0 Å². The molecular formula is C15H26N2O3. The van der Waals surface area contributed by atoms with E-state index < -0.39 is 12.0 Å². The summed E-state index contributed by atoms with van der Waals surface area (Å²) in [4.78, 5) is 24.8. The molecule has 0 bridgehead atoms. The second kappa shape index (κ2) is 6.77. The third-order valence-corrected chi connectivity index (χ3v) is 4.01. The first-order chi connectivity index (χ1) is 9.25. The maximum atomic E-state index is 12.1. The van der Waals surface area contributed by atoms with Crippen molar-refractivity contribution in [2.24, 2.45) is 11.3 Å². The molecule has 114 valence electrons. The lowest BCUT2D eigenvalue weighted by atomic mass is 9.75. The van der Waals surface area contributed by atoms with Gasteiger partial charge in [-0.15, -0.1) is 6.58 Å². The monoisotopic (exact) mass is 282 g/mol. The number of carbonyl (C=O) groups excluding carboxylic acids is 1. The first-order valence-electron chi connectivity index (χ1n) is 7.15. The molecule has 1 aliphatic rings. The Morgan fingerprint density at radius 3 is 2.35 bits per heavy atom. The van der Waals surface area contributed by atoms with Gasteiger partial charge in [-0.3, -0.25) is 0 Å². The van der Waals surface area contributed by atoms with Crippen LogP contribution in [0.3, 0.4) is 0 Å². The van der Waals surface area contributed by atoms with Crippen molar-refractivity contribution in [3.8, 4) is 0 Å². The van der Waals surface area contributed by atoms with Gasteiger partial charge in [-0.05, 0) is 30.6 Å². The molecule has 1 saturated heterocycles. The zero-order valence-corrected chi connectivity index (χ0v) is 12.7. The number of rotatable bonds is 4. The normalized spacial score (nSPS) is 18.4. The van der Waals surface area contributed by atoms with Gasteiger partial charge in [0.2, 0.25) is 0 Å². The maximum absolute atomic E-state index is 12.1. The molecule has 0 aromatic carbocycles. The number of carbonyl (C=O) groups is 2. The standard InChI is InChI=1S/C15H26N2O3/c1-5-6-12(13(18)19)16-14(20)17-9-7-11(8-10-17)15(2,3)4/h5,11-12H,1,6-10H2,2-4H3,(H,16,20)(H,18,19). The molecule has 0 radical (unpaired) electrons. The Hall–Kier alpha value is -1.52. The van der Waals surface area contributed by atoms with Crippen molar-refractivity contribution in [3.63, 3.8) is 0 Å². The van der Waals surface area contributed by atoms with E-state index in [1.807, 2.05) is 0 Å². The van der Waals surface area contributed by atoms with E-state index in [1.54, 1.807) is 4.90 Å². The summed E-state index contributed by atoms with van der Waals surface area (Å²) in [5, 5.41) is 11.6. The smallest absolute Gasteiger partial charge is 0.326 e. The number of amides is 2. The van der Waals surface area contributed by atoms with Gasteiger partial charge in [0.15, 0.2) is 0 Å². The van der Waals surface area contributed by atoms with E-state index in [-0.39, 0.29) is 17.9 Å². The van der Waals surface area contributed by atoms with Crippen LogP contribution in [-0.4, -0.2) is 41.1 Å². The molecule has 1 heterocycles. The fourth-order valence-corrected chi connectivity index (χ4v) is 2.58. The number of hydrogen-bond donors (Lipinski definition) is 2. The van der Waals surface area contributed by atoms with E-state index in [0.29, 0.717) is 19.0 Å². The van der Waals surface area contributed by atoms with E-state index >= 15 is 0 Å². The summed E-state index contributed by atoms with van der Waals surface area (Å²) in [6.45, 7) is 11.5. The number of likely N-dealkylation sites (tertiary alicyclic amines) is 1. The average molecular weight is 282 g/mol. The lowest BCUT2D eigenvalue weighted by molar-refractivity contribution is -0.139. The maximum Gasteiger partial charge on any atom is 0.326 e. The average Bonchev–Trinajstić information content (AvgIpc) is 2.37. The Morgan fingerprint density at radius 1 is 1.40 bits per heavy atom. The number of carboxylic acid groups (broad SMARTS) is 1. The fourth-order valence-electron chi connectivity index (χ4n) is 2.58. The molecule has 1 atom stereocenters. The van der Waals surface area contributed by atoms with Crippen molar-refractivity contribution in [3.05, 3.63) is 12.7 Å². The highest BCUT2D eigenvalue weighted by Gasteiger charge is 2.31. The Bertz CT molecular complexity index is 366. The van der Waals surface area contributed by atoms with Crippen molar-refractivity contribution in [1.82, 2.24) is 10.2 Å². The highest BCUT2D eigenvalue weighted by molar-refractivity contribution is 5.82. The second-order valence-electron chi connectivity index (χ2n) is 6.49. The topological polar surface area (TPSA) is 69.6 Å². The third-order valence-electron chi connectivity index (χ3n) is 4.01. The molecular weight excluding hydrogens is 256 g/mol. The van der Waals surface area contributed by atoms with Gasteiger partial charge in [0.1, 0.15) is 6.04 Å². The van der Waals surface area contributed by atoms with Crippen molar-refractivity contribution in [2.75, 3.05) is 13.1 Å². The zero-order valence-electron chi connectivity index (χ0n) is 12.7. The molecule has 2 amide bonds. The van der Waals surface area contributed by atoms with Gasteiger partial charge >= 0.3 is 12.0 Å². The van der Waals surface area contributed by atoms with E-state index in [0.717, 1.165) is 12.8 Å². The van der Waals surface area contributed by atoms with Gasteiger partial charge in [-0.2, -0.15) is 0 Å². The largest absolute Gasteiger partial charge is 0.480 e. The number of nitrogens with one attached hydrogen (secondary N) is 1. The van der Waals surface area contributed by atoms with E-state index in [4.69, 9.17) is 5.11 Å². The molecule has 20 heavy (non-hydrogen) atoms. The number of carboxylic acids is 1. The van der Waals surface area contributed by atoms with Crippen LogP contribution in [0.15, 0.2) is 12.7 Å². The first kappa shape index (κ1) is 16.5. The molecule has 0 aromatic rings. The highest BCUT2D eigenvalue weighted by Crippen LogP contribution is 2.34. The van der Waals surface area contributed by atoms with Crippen LogP contribution in [-0.2, 0) is 4.79 Å². The van der Waals surface area contributed by atoms with Crippen LogP contribution in [0, 0.1) is 11.3 Å². The first-order valence-corrected chi connectivity index (χ1v) is 7.15. The Labute approximate surface area is 121 Å². The van der Waals surface area contributed by atoms with Crippen LogP contribution < -0.4 is 5.32 Å². The van der Waals surface area contributed by atoms with Crippen molar-refractivity contribution in [1.29, 1.82) is 0 Å². The lowest BCUT2D eigenvalue weighted by Crippen LogP contribution is -2.50. The minimum atomic E-state index is -1.03. The highest BCUT2D eigenvalue weighted by atomic mass is 16.4. The molecule has 5 nitrogen and oxygen atoms in total. The van der Waals surface area contributed by atoms with Gasteiger partial charge in [-0.1, -0.05) is 26.8 Å². The van der Waals surface area contributed by atoms with Gasteiger partial charge in [0.25, 0.3) is 0 Å². The Balaban J connectivity index is 2.50. The summed E-state index contributed by atoms with van der Waals surface area (Å²) in [7, 11) is 0. The van der Waals surface area contributed by atoms with Crippen molar-refractivity contribution >= 4 is 12.0 Å². The van der Waals surface area contributed by atoms with Crippen LogP contribution in [0.2, 0.25) is 0 Å². The van der Waals surface area contributed by atoms with Gasteiger partial charge in [0, 0.05) is 13.1 Å². The summed E-state index contributed by atoms with van der Waals surface area (Å²) in [5.74, 6) is -0.419. The van der Waals surface area contributed by atoms with Crippen LogP contribution >= 0.6 is 0 Å². The molecule has 0 aliphatic carbocycles. The molecule has 1 fully saturated rings. The minimum absolute atomic E-state index is 0.236. The van der Waals surface area contributed by atoms with Gasteiger partial charge < -0.3 is 15.3 Å². The van der Waals surface area contributed by atoms with Crippen LogP contribution in [0.1, 0.15) is 40.0 Å². The third kappa shape index (κ3) is 4.54. The molecule has 1 unspecified atom stereocenters. The SMILES string of the molecule is C=CCC(NC(=O)N1CCC(C(C)(C)C)CC1)C(=O)O. The number of urea groups is 1. The van der Waals surface area contributed by atoms with E-state index in [2.05, 4.69) is 32.7 Å². The van der Waals surface area contributed by atoms with Crippen molar-refractivity contribution in [2.45, 2.75) is 46.1 Å². The molecule has 0 spiro atoms. The summed E-state index contributed by atoms with van der Waals surface area (Å²) < 4.78 is 0. The van der Waals surface area contributed by atoms with Crippen LogP contribution in [0.25, 0.3) is 0 Å². The lowest BCUT2D eigenvalue weighted by Gasteiger charge is -2.39. The van der Waals surface area contributed by atoms with E-state index in [1.165, 1.54) is 6.08 Å². The Kier molecular flexibility index (Phi) is 5.60. The predicted molar refractivity (Wildman–Crippen MR) is 78.5 cm³/mol. The number of hydrogen-bond acceptors (Lipinski definition) is 2. The molecule has 2 N–H and O–H groups in total. The van der Waals surface area contributed by atoms with Gasteiger partial charge in [-0.25, -0.2) is 9.59 Å². The van der Waals surface area contributed by atoms with E-state index in [9.17, 15) is 9.59 Å². The molecule has 0 saturated carbocycles. The summed E-state index contributed by atoms with van der Waals surface area (Å²) >= 11 is 0. The number of piperidine rings is 1. The quantitative estimate of drug-likeness (QED) is 0.778. The second-order valence-corrected chi connectivity index (χ2v) is 6.49. The zero-order chi connectivity index (χ0) is 15.3. The van der Waals surface area contributed by atoms with Crippen LogP contribution in [0.4, 0.5) is 4.79 Å². The van der Waals surface area contributed by atoms with Gasteiger partial charge in [0.05, 0.1) is 0 Å². The fraction of sp³-hybridized carbons (Fsp3) is 0.733. The molecule has 0 aromatic heterocycles. The molecule has 5 heteroatoms. The summed E-state index contributed by atoms with van der Waals surface area (Å²) in [6, 6.07) is -1.17. The predicted octanol–water partition coefficient (Wildman–Crippen LogP) is 2.48. The van der Waals surface area contributed by atoms with Crippen molar-refractivity contribution < 1.29 is 14.7 Å².